The number of aliphatic hydroxyl groups is 5. The van der Waals surface area contributed by atoms with E-state index in [1.165, 1.54) is 205 Å². The number of allylic oxidation sites excluding steroid dienone is 4. The van der Waals surface area contributed by atoms with E-state index in [4.69, 9.17) is 9.47 Å². The van der Waals surface area contributed by atoms with Crippen LogP contribution in [0.3, 0.4) is 0 Å². The van der Waals surface area contributed by atoms with Gasteiger partial charge in [-0.2, -0.15) is 0 Å². The van der Waals surface area contributed by atoms with Gasteiger partial charge in [0.05, 0.1) is 25.4 Å². The first-order chi connectivity index (χ1) is 32.3. The zero-order chi connectivity index (χ0) is 48.0. The van der Waals surface area contributed by atoms with E-state index in [0.717, 1.165) is 44.9 Å². The number of hydrogen-bond donors (Lipinski definition) is 6. The SMILES string of the molecule is CCCCCCCCCCC/C=C\C/C=C\CCCCCCCCCCCCCC(=O)NC(COC1OC(CO)C(O)C(O)C1O)C(O)CCCCCCCCCCCCCCCCCC. The highest BCUT2D eigenvalue weighted by atomic mass is 16.7. The minimum atomic E-state index is -1.55. The van der Waals surface area contributed by atoms with Crippen molar-refractivity contribution in [3.63, 3.8) is 0 Å². The van der Waals surface area contributed by atoms with Gasteiger partial charge in [0.25, 0.3) is 0 Å². The summed E-state index contributed by atoms with van der Waals surface area (Å²) >= 11 is 0. The van der Waals surface area contributed by atoms with E-state index in [1.54, 1.807) is 0 Å². The van der Waals surface area contributed by atoms with E-state index in [1.807, 2.05) is 0 Å². The topological polar surface area (TPSA) is 149 Å². The molecule has 1 fully saturated rings. The van der Waals surface area contributed by atoms with Gasteiger partial charge in [0, 0.05) is 6.42 Å². The lowest BCUT2D eigenvalue weighted by atomic mass is 9.99. The summed E-state index contributed by atoms with van der Waals surface area (Å²) in [6, 6.07) is -0.718. The lowest BCUT2D eigenvalue weighted by Crippen LogP contribution is -2.60. The number of carbonyl (C=O) groups is 1. The number of aliphatic hydroxyl groups excluding tert-OH is 5. The first-order valence-electron chi connectivity index (χ1n) is 28.5. The monoisotopic (exact) mass is 936 g/mol. The van der Waals surface area contributed by atoms with E-state index in [-0.39, 0.29) is 12.5 Å². The van der Waals surface area contributed by atoms with Crippen LogP contribution in [0.15, 0.2) is 24.3 Å². The Kier molecular flexibility index (Phi) is 45.0. The van der Waals surface area contributed by atoms with Crippen LogP contribution in [0.1, 0.15) is 277 Å². The number of unbranched alkanes of at least 4 members (excludes halogenated alkanes) is 35. The van der Waals surface area contributed by atoms with E-state index < -0.39 is 49.5 Å². The summed E-state index contributed by atoms with van der Waals surface area (Å²) in [5.74, 6) is -0.143. The Bertz CT molecular complexity index is 1090. The highest BCUT2D eigenvalue weighted by Crippen LogP contribution is 2.23. The number of rotatable bonds is 49. The molecule has 0 bridgehead atoms. The first-order valence-corrected chi connectivity index (χ1v) is 28.5. The molecule has 0 spiro atoms. The van der Waals surface area contributed by atoms with E-state index in [2.05, 4.69) is 43.5 Å². The van der Waals surface area contributed by atoms with Crippen LogP contribution in [0, 0.1) is 0 Å². The zero-order valence-corrected chi connectivity index (χ0v) is 43.2. The normalized spacial score (nSPS) is 19.9. The largest absolute Gasteiger partial charge is 0.394 e. The summed E-state index contributed by atoms with van der Waals surface area (Å²) in [5, 5.41) is 54.6. The van der Waals surface area contributed by atoms with E-state index >= 15 is 0 Å². The van der Waals surface area contributed by atoms with Crippen LogP contribution < -0.4 is 5.32 Å². The van der Waals surface area contributed by atoms with Crippen molar-refractivity contribution in [2.24, 2.45) is 0 Å². The highest BCUT2D eigenvalue weighted by Gasteiger charge is 2.44. The third-order valence-electron chi connectivity index (χ3n) is 13.8. The fourth-order valence-corrected chi connectivity index (χ4v) is 9.25. The minimum Gasteiger partial charge on any atom is -0.394 e. The Labute approximate surface area is 407 Å². The number of carbonyl (C=O) groups excluding carboxylic acids is 1. The van der Waals surface area contributed by atoms with Gasteiger partial charge in [-0.05, 0) is 44.9 Å². The molecule has 0 saturated carbocycles. The molecule has 390 valence electrons. The Balaban J connectivity index is 2.19. The van der Waals surface area contributed by atoms with Crippen molar-refractivity contribution in [3.8, 4) is 0 Å². The van der Waals surface area contributed by atoms with Gasteiger partial charge in [-0.3, -0.25) is 4.79 Å². The first kappa shape index (κ1) is 62.7. The Morgan fingerprint density at radius 2 is 0.894 bits per heavy atom. The molecule has 9 nitrogen and oxygen atoms in total. The molecule has 1 saturated heterocycles. The third-order valence-corrected chi connectivity index (χ3v) is 13.8. The predicted molar refractivity (Wildman–Crippen MR) is 277 cm³/mol. The van der Waals surface area contributed by atoms with Crippen LogP contribution in [0.2, 0.25) is 0 Å². The lowest BCUT2D eigenvalue weighted by molar-refractivity contribution is -0.302. The summed E-state index contributed by atoms with van der Waals surface area (Å²) < 4.78 is 11.3. The maximum Gasteiger partial charge on any atom is 0.220 e. The molecular weight excluding hydrogens is 827 g/mol. The number of ether oxygens (including phenoxy) is 2. The Morgan fingerprint density at radius 1 is 0.515 bits per heavy atom. The Hall–Kier alpha value is -1.33. The van der Waals surface area contributed by atoms with Crippen molar-refractivity contribution >= 4 is 5.91 Å². The molecule has 6 N–H and O–H groups in total. The average Bonchev–Trinajstić information content (AvgIpc) is 3.32. The molecule has 0 aromatic rings. The molecule has 0 radical (unpaired) electrons. The zero-order valence-electron chi connectivity index (χ0n) is 43.2. The van der Waals surface area contributed by atoms with Crippen molar-refractivity contribution in [2.45, 2.75) is 320 Å². The van der Waals surface area contributed by atoms with E-state index in [9.17, 15) is 30.3 Å². The summed E-state index contributed by atoms with van der Waals surface area (Å²) in [4.78, 5) is 13.1. The standard InChI is InChI=1S/C57H109NO8/c1-3-5-7-9-11-13-15-17-19-21-22-23-24-25-26-27-28-29-30-31-33-35-37-39-41-43-45-47-53(61)58-50(49-65-57-56(64)55(63)54(62)52(48-59)66-57)51(60)46-44-42-40-38-36-34-32-20-18-16-14-12-10-8-6-4-2/h22-23,25-26,50-52,54-57,59-60,62-64H,3-21,24,27-49H2,1-2H3,(H,58,61)/b23-22-,26-25-. The number of hydrogen-bond acceptors (Lipinski definition) is 8. The van der Waals surface area contributed by atoms with Crippen LogP contribution in [0.4, 0.5) is 0 Å². The molecule has 7 atom stereocenters. The third kappa shape index (κ3) is 36.6. The van der Waals surface area contributed by atoms with E-state index in [0.29, 0.717) is 12.8 Å². The van der Waals surface area contributed by atoms with Gasteiger partial charge >= 0.3 is 0 Å². The molecule has 1 aliphatic heterocycles. The second kappa shape index (κ2) is 47.4. The van der Waals surface area contributed by atoms with Crippen LogP contribution in [-0.2, 0) is 14.3 Å². The summed E-state index contributed by atoms with van der Waals surface area (Å²) in [7, 11) is 0. The molecule has 1 amide bonds. The molecule has 1 aliphatic rings. The maximum absolute atomic E-state index is 13.1. The lowest BCUT2D eigenvalue weighted by Gasteiger charge is -2.40. The molecule has 7 unspecified atom stereocenters. The van der Waals surface area contributed by atoms with Crippen molar-refractivity contribution < 1.29 is 39.8 Å². The quantitative estimate of drug-likeness (QED) is 0.0261. The van der Waals surface area contributed by atoms with Crippen LogP contribution in [-0.4, -0.2) is 87.5 Å². The molecule has 0 aromatic carbocycles. The summed E-state index contributed by atoms with van der Waals surface area (Å²) in [6.07, 6.45) is 52.0. The molecule has 0 aliphatic carbocycles. The summed E-state index contributed by atoms with van der Waals surface area (Å²) in [5.41, 5.74) is 0. The molecule has 0 aromatic heterocycles. The smallest absolute Gasteiger partial charge is 0.220 e. The molecule has 1 rings (SSSR count). The van der Waals surface area contributed by atoms with Gasteiger partial charge in [-0.25, -0.2) is 0 Å². The predicted octanol–water partition coefficient (Wildman–Crippen LogP) is 13.8. The Morgan fingerprint density at radius 3 is 1.30 bits per heavy atom. The van der Waals surface area contributed by atoms with Crippen LogP contribution >= 0.6 is 0 Å². The fourth-order valence-electron chi connectivity index (χ4n) is 9.25. The van der Waals surface area contributed by atoms with Gasteiger partial charge in [0.1, 0.15) is 24.4 Å². The second-order valence-electron chi connectivity index (χ2n) is 20.1. The number of amides is 1. The number of nitrogens with one attached hydrogen (secondary N) is 1. The minimum absolute atomic E-state index is 0.136. The maximum atomic E-state index is 13.1. The highest BCUT2D eigenvalue weighted by molar-refractivity contribution is 5.76. The van der Waals surface area contributed by atoms with Gasteiger partial charge in [0.15, 0.2) is 6.29 Å². The van der Waals surface area contributed by atoms with Gasteiger partial charge in [-0.1, -0.05) is 250 Å². The summed E-state index contributed by atoms with van der Waals surface area (Å²) in [6.45, 7) is 3.86. The van der Waals surface area contributed by atoms with Gasteiger partial charge in [-0.15, -0.1) is 0 Å². The van der Waals surface area contributed by atoms with Crippen LogP contribution in [0.5, 0.6) is 0 Å². The van der Waals surface area contributed by atoms with Crippen molar-refractivity contribution in [2.75, 3.05) is 13.2 Å². The van der Waals surface area contributed by atoms with Gasteiger partial charge in [0.2, 0.25) is 5.91 Å². The van der Waals surface area contributed by atoms with Crippen molar-refractivity contribution in [1.29, 1.82) is 0 Å². The molecule has 66 heavy (non-hydrogen) atoms. The van der Waals surface area contributed by atoms with Crippen molar-refractivity contribution in [1.82, 2.24) is 5.32 Å². The van der Waals surface area contributed by atoms with Crippen molar-refractivity contribution in [3.05, 3.63) is 24.3 Å². The molecular formula is C57H109NO8. The second-order valence-corrected chi connectivity index (χ2v) is 20.1. The van der Waals surface area contributed by atoms with Gasteiger partial charge < -0.3 is 40.3 Å². The molecule has 1 heterocycles. The average molecular weight is 936 g/mol. The molecule has 9 heteroatoms. The fraction of sp³-hybridized carbons (Fsp3) is 0.912. The van der Waals surface area contributed by atoms with Crippen LogP contribution in [0.25, 0.3) is 0 Å².